The molecule has 3 aliphatic carbocycles. The Morgan fingerprint density at radius 1 is 1.09 bits per heavy atom. The van der Waals surface area contributed by atoms with E-state index in [1.54, 1.807) is 12.1 Å². The van der Waals surface area contributed by atoms with E-state index in [1.165, 1.54) is 17.7 Å². The molecular weight excluding hydrogens is 431 g/mol. The molecule has 2 heterocycles. The molecule has 0 bridgehead atoms. The van der Waals surface area contributed by atoms with Gasteiger partial charge in [0.05, 0.1) is 11.8 Å². The van der Waals surface area contributed by atoms with Gasteiger partial charge in [-0.1, -0.05) is 26.0 Å². The summed E-state index contributed by atoms with van der Waals surface area (Å²) in [5.74, 6) is 0.340. The lowest BCUT2D eigenvalue weighted by Crippen LogP contribution is -2.24. The van der Waals surface area contributed by atoms with Gasteiger partial charge in [0, 0.05) is 16.8 Å². The van der Waals surface area contributed by atoms with Crippen LogP contribution >= 0.6 is 0 Å². The molecule has 1 N–H and O–H groups in total. The Balaban J connectivity index is 1.46. The average molecular weight is 460 g/mol. The third-order valence-corrected chi connectivity index (χ3v) is 7.70. The number of alkyl halides is 3. The summed E-state index contributed by atoms with van der Waals surface area (Å²) in [6.07, 6.45) is 0.353. The van der Waals surface area contributed by atoms with Gasteiger partial charge in [0.15, 0.2) is 0 Å². The molecule has 6 rings (SSSR count). The first-order chi connectivity index (χ1) is 15.6. The van der Waals surface area contributed by atoms with Gasteiger partial charge in [-0.15, -0.1) is 13.2 Å². The first-order valence-corrected chi connectivity index (χ1v) is 11.9. The molecule has 4 aliphatic rings. The lowest BCUT2D eigenvalue weighted by atomic mass is 9.77. The van der Waals surface area contributed by atoms with Crippen LogP contribution in [0.3, 0.4) is 0 Å². The van der Waals surface area contributed by atoms with Gasteiger partial charge in [-0.2, -0.15) is 0 Å². The molecule has 7 heteroatoms. The van der Waals surface area contributed by atoms with Crippen molar-refractivity contribution in [2.24, 2.45) is 11.3 Å². The van der Waals surface area contributed by atoms with Crippen molar-refractivity contribution in [3.63, 3.8) is 0 Å². The zero-order chi connectivity index (χ0) is 23.1. The zero-order valence-corrected chi connectivity index (χ0v) is 18.8. The van der Waals surface area contributed by atoms with E-state index in [-0.39, 0.29) is 23.2 Å². The van der Waals surface area contributed by atoms with Crippen LogP contribution in [-0.4, -0.2) is 16.5 Å². The molecule has 2 aromatic rings. The minimum atomic E-state index is -4.72. The Kier molecular flexibility index (Phi) is 4.67. The molecule has 176 valence electrons. The summed E-state index contributed by atoms with van der Waals surface area (Å²) in [5.41, 5.74) is 6.22. The molecule has 0 radical (unpaired) electrons. The van der Waals surface area contributed by atoms with Crippen molar-refractivity contribution in [3.8, 4) is 5.75 Å². The van der Waals surface area contributed by atoms with Crippen LogP contribution in [0.5, 0.6) is 5.75 Å². The van der Waals surface area contributed by atoms with E-state index in [1.807, 2.05) is 0 Å². The fourth-order valence-electron chi connectivity index (χ4n) is 5.85. The highest BCUT2D eigenvalue weighted by molar-refractivity contribution is 5.53. The highest BCUT2D eigenvalue weighted by atomic mass is 19.4. The van der Waals surface area contributed by atoms with Gasteiger partial charge < -0.3 is 14.6 Å². The first kappa shape index (κ1) is 21.4. The summed E-state index contributed by atoms with van der Waals surface area (Å²) in [4.78, 5) is 5.14. The molecule has 1 spiro atoms. The molecule has 33 heavy (non-hydrogen) atoms. The summed E-state index contributed by atoms with van der Waals surface area (Å²) < 4.78 is 48.4. The van der Waals surface area contributed by atoms with Gasteiger partial charge in [0.2, 0.25) is 0 Å². The second kappa shape index (κ2) is 7.19. The van der Waals surface area contributed by atoms with E-state index in [0.717, 1.165) is 66.6 Å². The van der Waals surface area contributed by atoms with Gasteiger partial charge >= 0.3 is 6.36 Å². The van der Waals surface area contributed by atoms with Crippen LogP contribution in [0, 0.1) is 11.3 Å². The topological polar surface area (TPSA) is 51.6 Å². The monoisotopic (exact) mass is 459 g/mol. The zero-order valence-electron chi connectivity index (χ0n) is 18.8. The van der Waals surface area contributed by atoms with E-state index >= 15 is 0 Å². The number of ether oxygens (including phenoxy) is 2. The van der Waals surface area contributed by atoms with Crippen molar-refractivity contribution in [2.75, 3.05) is 0 Å². The third kappa shape index (κ3) is 3.73. The number of halogens is 3. The van der Waals surface area contributed by atoms with E-state index in [4.69, 9.17) is 9.72 Å². The Morgan fingerprint density at radius 3 is 2.36 bits per heavy atom. The quantitative estimate of drug-likeness (QED) is 0.572. The van der Waals surface area contributed by atoms with E-state index in [0.29, 0.717) is 5.92 Å². The Labute approximate surface area is 191 Å². The van der Waals surface area contributed by atoms with Gasteiger partial charge in [-0.05, 0) is 79.0 Å². The summed E-state index contributed by atoms with van der Waals surface area (Å²) in [6.45, 7) is 4.21. The minimum Gasteiger partial charge on any atom is -0.406 e. The Morgan fingerprint density at radius 2 is 1.79 bits per heavy atom. The molecule has 2 saturated carbocycles. The third-order valence-electron chi connectivity index (χ3n) is 7.70. The van der Waals surface area contributed by atoms with Crippen LogP contribution in [-0.2, 0) is 11.2 Å². The first-order valence-electron chi connectivity index (χ1n) is 11.9. The van der Waals surface area contributed by atoms with Crippen LogP contribution in [0.2, 0.25) is 0 Å². The standard InChI is InChI=1S/C26H28F3NO3/c1-13(2)23-22-21(24(32-23)15-5-7-16(8-6-15)33-26(27,28)29)19(14-3-4-14)20-17(30-22)11-25(9-10-25)12-18(20)31/h5-8,13-14,18,23-24,31H,3-4,9-12H2,1-2H3/t18-,23+,24+/m0/s1. The van der Waals surface area contributed by atoms with Crippen LogP contribution in [0.1, 0.15) is 104 Å². The predicted molar refractivity (Wildman–Crippen MR) is 115 cm³/mol. The van der Waals surface area contributed by atoms with Crippen LogP contribution in [0.25, 0.3) is 0 Å². The number of fused-ring (bicyclic) bond motifs is 2. The van der Waals surface area contributed by atoms with E-state index < -0.39 is 18.6 Å². The number of benzene rings is 1. The van der Waals surface area contributed by atoms with Crippen molar-refractivity contribution in [3.05, 3.63) is 57.9 Å². The molecule has 1 aliphatic heterocycles. The maximum atomic E-state index is 12.6. The Bertz CT molecular complexity index is 1090. The molecular formula is C26H28F3NO3. The normalized spacial score (nSPS) is 27.5. The number of hydrogen-bond donors (Lipinski definition) is 1. The summed E-state index contributed by atoms with van der Waals surface area (Å²) in [6, 6.07) is 5.96. The van der Waals surface area contributed by atoms with Crippen molar-refractivity contribution in [2.45, 2.75) is 83.0 Å². The molecule has 1 aromatic carbocycles. The second-order valence-electron chi connectivity index (χ2n) is 10.7. The number of hydrogen-bond acceptors (Lipinski definition) is 4. The molecule has 4 nitrogen and oxygen atoms in total. The second-order valence-corrected chi connectivity index (χ2v) is 10.7. The summed E-state index contributed by atoms with van der Waals surface area (Å²) in [5, 5.41) is 11.2. The summed E-state index contributed by atoms with van der Waals surface area (Å²) in [7, 11) is 0. The predicted octanol–water partition coefficient (Wildman–Crippen LogP) is 6.43. The SMILES string of the molecule is CC(C)[C@H]1O[C@H](c2ccc(OC(F)(F)F)cc2)c2c1nc1c(c2C2CC2)[C@@H](O)CC2(CC2)C1. The molecule has 2 fully saturated rings. The lowest BCUT2D eigenvalue weighted by Gasteiger charge is -2.32. The van der Waals surface area contributed by atoms with Gasteiger partial charge in [0.1, 0.15) is 18.0 Å². The largest absolute Gasteiger partial charge is 0.573 e. The number of aromatic nitrogens is 1. The number of aliphatic hydroxyl groups is 1. The number of pyridine rings is 1. The number of aliphatic hydroxyl groups excluding tert-OH is 1. The fraction of sp³-hybridized carbons (Fsp3) is 0.577. The summed E-state index contributed by atoms with van der Waals surface area (Å²) >= 11 is 0. The lowest BCUT2D eigenvalue weighted by molar-refractivity contribution is -0.274. The number of rotatable bonds is 4. The van der Waals surface area contributed by atoms with Crippen LogP contribution in [0.4, 0.5) is 13.2 Å². The molecule has 0 amide bonds. The van der Waals surface area contributed by atoms with Crippen molar-refractivity contribution >= 4 is 0 Å². The van der Waals surface area contributed by atoms with Gasteiger partial charge in [-0.25, -0.2) is 0 Å². The highest BCUT2D eigenvalue weighted by Crippen LogP contribution is 2.61. The van der Waals surface area contributed by atoms with E-state index in [9.17, 15) is 18.3 Å². The molecule has 1 aromatic heterocycles. The maximum Gasteiger partial charge on any atom is 0.573 e. The van der Waals surface area contributed by atoms with Gasteiger partial charge in [0.25, 0.3) is 0 Å². The fourth-order valence-corrected chi connectivity index (χ4v) is 5.85. The van der Waals surface area contributed by atoms with E-state index in [2.05, 4.69) is 18.6 Å². The average Bonchev–Trinajstić information content (AvgIpc) is 3.65. The van der Waals surface area contributed by atoms with Crippen molar-refractivity contribution in [1.82, 2.24) is 4.98 Å². The smallest absolute Gasteiger partial charge is 0.406 e. The highest BCUT2D eigenvalue weighted by Gasteiger charge is 2.51. The van der Waals surface area contributed by atoms with Crippen LogP contribution < -0.4 is 4.74 Å². The maximum absolute atomic E-state index is 12.6. The van der Waals surface area contributed by atoms with Crippen molar-refractivity contribution in [1.29, 1.82) is 0 Å². The molecule has 0 unspecified atom stereocenters. The minimum absolute atomic E-state index is 0.187. The van der Waals surface area contributed by atoms with Crippen LogP contribution in [0.15, 0.2) is 24.3 Å². The van der Waals surface area contributed by atoms with Crippen molar-refractivity contribution < 1.29 is 27.8 Å². The number of nitrogens with zero attached hydrogens (tertiary/aromatic N) is 1. The molecule has 3 atom stereocenters. The molecule has 0 saturated heterocycles. The van der Waals surface area contributed by atoms with Gasteiger partial charge in [-0.3, -0.25) is 4.98 Å². The Hall–Kier alpha value is -2.12.